The molecule has 5 nitrogen and oxygen atoms in total. The number of benzene rings is 1. The Bertz CT molecular complexity index is 968. The van der Waals surface area contributed by atoms with Gasteiger partial charge >= 0.3 is 0 Å². The molecule has 0 fully saturated rings. The molecule has 0 spiro atoms. The summed E-state index contributed by atoms with van der Waals surface area (Å²) in [5.74, 6) is -0.175. The Morgan fingerprint density at radius 3 is 2.73 bits per heavy atom. The van der Waals surface area contributed by atoms with Gasteiger partial charge in [0.1, 0.15) is 0 Å². The van der Waals surface area contributed by atoms with Crippen molar-refractivity contribution in [2.75, 3.05) is 0 Å². The van der Waals surface area contributed by atoms with Crippen molar-refractivity contribution in [1.82, 2.24) is 14.6 Å². The van der Waals surface area contributed by atoms with E-state index >= 15 is 0 Å². The normalized spacial score (nSPS) is 12.5. The Morgan fingerprint density at radius 2 is 2.08 bits per heavy atom. The van der Waals surface area contributed by atoms with Gasteiger partial charge in [-0.1, -0.05) is 37.0 Å². The maximum absolute atomic E-state index is 11.2. The minimum absolute atomic E-state index is 0.124. The van der Waals surface area contributed by atoms with Crippen LogP contribution in [0.3, 0.4) is 0 Å². The molecule has 7 heteroatoms. The zero-order chi connectivity index (χ0) is 18.8. The van der Waals surface area contributed by atoms with Crippen LogP contribution in [0.25, 0.3) is 16.9 Å². The van der Waals surface area contributed by atoms with Crippen LogP contribution < -0.4 is 5.73 Å². The van der Waals surface area contributed by atoms with Crippen LogP contribution in [0.1, 0.15) is 43.9 Å². The van der Waals surface area contributed by atoms with Crippen LogP contribution in [-0.4, -0.2) is 20.5 Å². The number of hydrogen-bond acceptors (Lipinski definition) is 3. The smallest absolute Gasteiger partial charge is 0.217 e. The number of rotatable bonds is 6. The lowest BCUT2D eigenvalue weighted by atomic mass is 9.95. The molecular formula is C19H20Cl2N4O. The number of nitrogens with zero attached hydrogens (tertiary/aromatic N) is 3. The maximum Gasteiger partial charge on any atom is 0.217 e. The highest BCUT2D eigenvalue weighted by Crippen LogP contribution is 2.33. The molecule has 0 aliphatic heterocycles. The van der Waals surface area contributed by atoms with Crippen molar-refractivity contribution in [2.24, 2.45) is 5.73 Å². The summed E-state index contributed by atoms with van der Waals surface area (Å²) in [6.45, 7) is 4.13. The van der Waals surface area contributed by atoms with Crippen molar-refractivity contribution in [3.05, 3.63) is 51.8 Å². The molecular weight excluding hydrogens is 371 g/mol. The molecule has 0 aliphatic carbocycles. The SMILES string of the molecule is CCc1nn2c(-c3ccc(Cl)cc3Cl)ccnc2c1C(C)CCC(N)=O. The topological polar surface area (TPSA) is 73.3 Å². The van der Waals surface area contributed by atoms with Crippen LogP contribution in [0.15, 0.2) is 30.5 Å². The van der Waals surface area contributed by atoms with Gasteiger partial charge in [-0.3, -0.25) is 4.79 Å². The minimum atomic E-state index is -0.298. The number of carbonyl (C=O) groups excluding carboxylic acids is 1. The van der Waals surface area contributed by atoms with Crippen molar-refractivity contribution in [2.45, 2.75) is 39.0 Å². The summed E-state index contributed by atoms with van der Waals surface area (Å²) in [6, 6.07) is 7.27. The third kappa shape index (κ3) is 3.55. The van der Waals surface area contributed by atoms with E-state index in [4.69, 9.17) is 34.0 Å². The molecule has 26 heavy (non-hydrogen) atoms. The summed E-state index contributed by atoms with van der Waals surface area (Å²) >= 11 is 12.4. The van der Waals surface area contributed by atoms with Gasteiger partial charge in [0.2, 0.25) is 5.91 Å². The standard InChI is InChI=1S/C19H20Cl2N4O/c1-3-15-18(11(2)4-7-17(22)26)19-23-9-8-16(25(19)24-15)13-6-5-12(20)10-14(13)21/h5-6,8-11H,3-4,7H2,1-2H3,(H2,22,26). The zero-order valence-corrected chi connectivity index (χ0v) is 16.2. The first-order valence-corrected chi connectivity index (χ1v) is 9.28. The molecule has 136 valence electrons. The lowest BCUT2D eigenvalue weighted by Gasteiger charge is -2.11. The van der Waals surface area contributed by atoms with Crippen LogP contribution in [0.5, 0.6) is 0 Å². The van der Waals surface area contributed by atoms with Crippen molar-refractivity contribution in [3.8, 4) is 11.3 Å². The molecule has 2 N–H and O–H groups in total. The molecule has 1 atom stereocenters. The average Bonchev–Trinajstić information content (AvgIpc) is 2.98. The number of carbonyl (C=O) groups is 1. The molecule has 1 unspecified atom stereocenters. The third-order valence-electron chi connectivity index (χ3n) is 4.49. The summed E-state index contributed by atoms with van der Waals surface area (Å²) in [5.41, 5.74) is 9.79. The fraction of sp³-hybridized carbons (Fsp3) is 0.316. The molecule has 2 aromatic heterocycles. The summed E-state index contributed by atoms with van der Waals surface area (Å²) < 4.78 is 1.82. The predicted molar refractivity (Wildman–Crippen MR) is 105 cm³/mol. The number of hydrogen-bond donors (Lipinski definition) is 1. The Hall–Kier alpha value is -2.11. The van der Waals surface area contributed by atoms with Crippen molar-refractivity contribution < 1.29 is 4.79 Å². The van der Waals surface area contributed by atoms with Crippen LogP contribution in [-0.2, 0) is 11.2 Å². The van der Waals surface area contributed by atoms with E-state index in [0.717, 1.165) is 34.6 Å². The molecule has 0 saturated carbocycles. The molecule has 0 radical (unpaired) electrons. The van der Waals surface area contributed by atoms with E-state index < -0.39 is 0 Å². The largest absolute Gasteiger partial charge is 0.370 e. The Morgan fingerprint density at radius 1 is 1.31 bits per heavy atom. The number of fused-ring (bicyclic) bond motifs is 1. The molecule has 3 rings (SSSR count). The Kier molecular flexibility index (Phi) is 5.49. The predicted octanol–water partition coefficient (Wildman–Crippen LogP) is 4.63. The van der Waals surface area contributed by atoms with E-state index in [2.05, 4.69) is 18.8 Å². The quantitative estimate of drug-likeness (QED) is 0.666. The van der Waals surface area contributed by atoms with E-state index in [1.807, 2.05) is 16.6 Å². The number of halogens is 2. The van der Waals surface area contributed by atoms with Gasteiger partial charge in [-0.2, -0.15) is 5.10 Å². The number of aromatic nitrogens is 3. The number of amides is 1. The molecule has 3 aromatic rings. The van der Waals surface area contributed by atoms with E-state index in [-0.39, 0.29) is 11.8 Å². The van der Waals surface area contributed by atoms with E-state index in [1.165, 1.54) is 0 Å². The first-order chi connectivity index (χ1) is 12.4. The van der Waals surface area contributed by atoms with Gasteiger partial charge in [0.25, 0.3) is 0 Å². The highest BCUT2D eigenvalue weighted by Gasteiger charge is 2.21. The first-order valence-electron chi connectivity index (χ1n) is 8.52. The molecule has 1 aromatic carbocycles. The summed E-state index contributed by atoms with van der Waals surface area (Å²) in [7, 11) is 0. The summed E-state index contributed by atoms with van der Waals surface area (Å²) in [6.07, 6.45) is 3.52. The number of primary amides is 1. The van der Waals surface area contributed by atoms with Gasteiger partial charge in [-0.15, -0.1) is 0 Å². The number of nitrogens with two attached hydrogens (primary N) is 1. The lowest BCUT2D eigenvalue weighted by Crippen LogP contribution is -2.11. The highest BCUT2D eigenvalue weighted by atomic mass is 35.5. The second kappa shape index (κ2) is 7.64. The second-order valence-electron chi connectivity index (χ2n) is 6.31. The average molecular weight is 391 g/mol. The van der Waals surface area contributed by atoms with Crippen LogP contribution in [0.4, 0.5) is 0 Å². The molecule has 0 aliphatic rings. The summed E-state index contributed by atoms with van der Waals surface area (Å²) in [4.78, 5) is 15.7. The van der Waals surface area contributed by atoms with Gasteiger partial charge in [-0.05, 0) is 43.0 Å². The maximum atomic E-state index is 11.2. The van der Waals surface area contributed by atoms with Gasteiger partial charge < -0.3 is 5.73 Å². The van der Waals surface area contributed by atoms with Crippen LogP contribution in [0, 0.1) is 0 Å². The molecule has 1 amide bonds. The minimum Gasteiger partial charge on any atom is -0.370 e. The van der Waals surface area contributed by atoms with E-state index in [0.29, 0.717) is 22.9 Å². The van der Waals surface area contributed by atoms with Crippen molar-refractivity contribution in [1.29, 1.82) is 0 Å². The second-order valence-corrected chi connectivity index (χ2v) is 7.15. The van der Waals surface area contributed by atoms with Crippen LogP contribution >= 0.6 is 23.2 Å². The van der Waals surface area contributed by atoms with Gasteiger partial charge in [-0.25, -0.2) is 9.50 Å². The molecule has 0 saturated heterocycles. The lowest BCUT2D eigenvalue weighted by molar-refractivity contribution is -0.118. The third-order valence-corrected chi connectivity index (χ3v) is 5.04. The van der Waals surface area contributed by atoms with E-state index in [9.17, 15) is 4.79 Å². The van der Waals surface area contributed by atoms with Crippen molar-refractivity contribution in [3.63, 3.8) is 0 Å². The Balaban J connectivity index is 2.15. The van der Waals surface area contributed by atoms with Crippen LogP contribution in [0.2, 0.25) is 10.0 Å². The van der Waals surface area contributed by atoms with E-state index in [1.54, 1.807) is 18.3 Å². The molecule has 2 heterocycles. The fourth-order valence-electron chi connectivity index (χ4n) is 3.18. The Labute approximate surface area is 162 Å². The van der Waals surface area contributed by atoms with Crippen molar-refractivity contribution >= 4 is 34.8 Å². The summed E-state index contributed by atoms with van der Waals surface area (Å²) in [5, 5.41) is 5.91. The monoisotopic (exact) mass is 390 g/mol. The highest BCUT2D eigenvalue weighted by molar-refractivity contribution is 6.36. The molecule has 0 bridgehead atoms. The van der Waals surface area contributed by atoms with Gasteiger partial charge in [0.05, 0.1) is 16.4 Å². The van der Waals surface area contributed by atoms with Gasteiger partial charge in [0.15, 0.2) is 5.65 Å². The first kappa shape index (κ1) is 18.7. The fourth-order valence-corrected chi connectivity index (χ4v) is 3.68. The zero-order valence-electron chi connectivity index (χ0n) is 14.7. The number of aryl methyl sites for hydroxylation is 1. The van der Waals surface area contributed by atoms with Gasteiger partial charge in [0, 0.05) is 28.8 Å².